The monoisotopic (exact) mass is 417 g/mol. The molecule has 1 saturated heterocycles. The van der Waals surface area contributed by atoms with Crippen molar-refractivity contribution < 1.29 is 28.7 Å². The van der Waals surface area contributed by atoms with Crippen molar-refractivity contribution in [2.75, 3.05) is 0 Å². The zero-order valence-electron chi connectivity index (χ0n) is 18.9. The van der Waals surface area contributed by atoms with Crippen molar-refractivity contribution in [3.63, 3.8) is 0 Å². The molecule has 1 aromatic rings. The molecule has 2 atom stereocenters. The Bertz CT molecular complexity index is 819. The number of esters is 2. The lowest BCUT2D eigenvalue weighted by atomic mass is 9.69. The summed E-state index contributed by atoms with van der Waals surface area (Å²) in [5, 5.41) is 0. The number of carbonyl (C=O) groups excluding carboxylic acids is 4. The number of rotatable bonds is 5. The summed E-state index contributed by atoms with van der Waals surface area (Å²) in [7, 11) is 0. The smallest absolute Gasteiger partial charge is 0.345 e. The lowest BCUT2D eigenvalue weighted by molar-refractivity contribution is -0.216. The summed E-state index contributed by atoms with van der Waals surface area (Å²) in [6.45, 7) is 12.8. The molecule has 1 heterocycles. The molecule has 0 N–H and O–H groups in total. The number of β-lactam (4-membered cyclic amide) rings is 1. The van der Waals surface area contributed by atoms with Gasteiger partial charge in [-0.05, 0) is 61.0 Å². The van der Waals surface area contributed by atoms with Gasteiger partial charge in [0.15, 0.2) is 0 Å². The molecule has 1 aliphatic rings. The molecular weight excluding hydrogens is 386 g/mol. The summed E-state index contributed by atoms with van der Waals surface area (Å²) in [6.07, 6.45) is 0. The van der Waals surface area contributed by atoms with Gasteiger partial charge in [0.1, 0.15) is 22.9 Å². The topological polar surface area (TPSA) is 90.0 Å². The third-order valence-electron chi connectivity index (χ3n) is 4.78. The predicted molar refractivity (Wildman–Crippen MR) is 110 cm³/mol. The van der Waals surface area contributed by atoms with Gasteiger partial charge in [-0.2, -0.15) is 0 Å². The summed E-state index contributed by atoms with van der Waals surface area (Å²) >= 11 is 0. The van der Waals surface area contributed by atoms with E-state index in [2.05, 4.69) is 0 Å². The van der Waals surface area contributed by atoms with Crippen molar-refractivity contribution in [2.24, 2.45) is 5.92 Å². The summed E-state index contributed by atoms with van der Waals surface area (Å²) in [4.78, 5) is 53.5. The van der Waals surface area contributed by atoms with E-state index in [-0.39, 0.29) is 0 Å². The maximum atomic E-state index is 13.4. The molecule has 0 spiro atoms. The first-order chi connectivity index (χ1) is 13.6. The maximum absolute atomic E-state index is 13.4. The average molecular weight is 418 g/mol. The standard InChI is InChI=1S/C23H31NO6/c1-14(16-12-10-9-11-13-16)24-18(26)17(15(2)25)23(24,19(27)29-21(3,4)5)20(28)30-22(6,7)8/h9-14,17H,1-8H3/t14-,17+/m0/s1. The molecule has 0 radical (unpaired) electrons. The van der Waals surface area contributed by atoms with Gasteiger partial charge in [0.25, 0.3) is 5.54 Å². The Morgan fingerprint density at radius 2 is 1.37 bits per heavy atom. The first-order valence-electron chi connectivity index (χ1n) is 9.98. The second-order valence-corrected chi connectivity index (χ2v) is 9.61. The fourth-order valence-corrected chi connectivity index (χ4v) is 3.64. The van der Waals surface area contributed by atoms with E-state index in [1.807, 2.05) is 6.07 Å². The van der Waals surface area contributed by atoms with Gasteiger partial charge >= 0.3 is 11.9 Å². The van der Waals surface area contributed by atoms with Crippen LogP contribution in [0.1, 0.15) is 67.0 Å². The fourth-order valence-electron chi connectivity index (χ4n) is 3.64. The van der Waals surface area contributed by atoms with Gasteiger partial charge in [0, 0.05) is 0 Å². The van der Waals surface area contributed by atoms with Gasteiger partial charge in [0.05, 0.1) is 6.04 Å². The number of carbonyl (C=O) groups is 4. The van der Waals surface area contributed by atoms with Crippen LogP contribution in [0.15, 0.2) is 30.3 Å². The number of ketones is 1. The molecule has 1 aliphatic heterocycles. The van der Waals surface area contributed by atoms with Gasteiger partial charge in [-0.25, -0.2) is 9.59 Å². The number of Topliss-reactive ketones (excluding diaryl/α,β-unsaturated/α-hetero) is 1. The Hall–Kier alpha value is -2.70. The average Bonchev–Trinajstić information content (AvgIpc) is 2.56. The van der Waals surface area contributed by atoms with E-state index in [0.29, 0.717) is 5.56 Å². The molecular formula is C23H31NO6. The van der Waals surface area contributed by atoms with E-state index in [0.717, 1.165) is 4.90 Å². The van der Waals surface area contributed by atoms with Gasteiger partial charge in [0.2, 0.25) is 5.91 Å². The van der Waals surface area contributed by atoms with Crippen LogP contribution in [-0.2, 0) is 28.7 Å². The Morgan fingerprint density at radius 3 is 1.73 bits per heavy atom. The van der Waals surface area contributed by atoms with Crippen LogP contribution in [-0.4, -0.2) is 45.3 Å². The lowest BCUT2D eigenvalue weighted by Crippen LogP contribution is -2.81. The summed E-state index contributed by atoms with van der Waals surface area (Å²) in [6, 6.07) is 8.32. The van der Waals surface area contributed by atoms with Gasteiger partial charge in [-0.15, -0.1) is 0 Å². The predicted octanol–water partition coefficient (Wildman–Crippen LogP) is 3.22. The fraction of sp³-hybridized carbons (Fsp3) is 0.565. The molecule has 0 aliphatic carbocycles. The minimum Gasteiger partial charge on any atom is -0.458 e. The molecule has 30 heavy (non-hydrogen) atoms. The number of ether oxygens (including phenoxy) is 2. The zero-order valence-corrected chi connectivity index (χ0v) is 18.9. The van der Waals surface area contributed by atoms with Gasteiger partial charge < -0.3 is 14.4 Å². The number of hydrogen-bond donors (Lipinski definition) is 0. The van der Waals surface area contributed by atoms with E-state index < -0.39 is 52.3 Å². The highest BCUT2D eigenvalue weighted by Crippen LogP contribution is 2.47. The first-order valence-corrected chi connectivity index (χ1v) is 9.98. The highest BCUT2D eigenvalue weighted by molar-refractivity contribution is 6.24. The summed E-state index contributed by atoms with van der Waals surface area (Å²) < 4.78 is 11.1. The Kier molecular flexibility index (Phi) is 6.17. The minimum absolute atomic E-state index is 0.590. The molecule has 164 valence electrons. The summed E-state index contributed by atoms with van der Waals surface area (Å²) in [5.74, 6) is -4.61. The second kappa shape index (κ2) is 7.85. The van der Waals surface area contributed by atoms with Crippen molar-refractivity contribution in [1.29, 1.82) is 0 Å². The molecule has 0 saturated carbocycles. The SMILES string of the molecule is CC(=O)[C@@H]1C(=O)N([C@@H](C)c2ccccc2)C1(C(=O)OC(C)(C)C)C(=O)OC(C)(C)C. The second-order valence-electron chi connectivity index (χ2n) is 9.61. The van der Waals surface area contributed by atoms with E-state index >= 15 is 0 Å². The van der Waals surface area contributed by atoms with Crippen molar-refractivity contribution in [3.8, 4) is 0 Å². The molecule has 1 aromatic carbocycles. The van der Waals surface area contributed by atoms with Crippen LogP contribution in [0.3, 0.4) is 0 Å². The van der Waals surface area contributed by atoms with Crippen molar-refractivity contribution in [2.45, 2.75) is 78.2 Å². The molecule has 1 fully saturated rings. The molecule has 2 rings (SSSR count). The van der Waals surface area contributed by atoms with Crippen LogP contribution in [0.4, 0.5) is 0 Å². The number of likely N-dealkylation sites (tertiary alicyclic amines) is 1. The van der Waals surface area contributed by atoms with Crippen LogP contribution in [0, 0.1) is 5.92 Å². The summed E-state index contributed by atoms with van der Waals surface area (Å²) in [5.41, 5.74) is -3.34. The number of nitrogens with zero attached hydrogens (tertiary/aromatic N) is 1. The molecule has 7 nitrogen and oxygen atoms in total. The largest absolute Gasteiger partial charge is 0.458 e. The lowest BCUT2D eigenvalue weighted by Gasteiger charge is -2.55. The quantitative estimate of drug-likeness (QED) is 0.415. The highest BCUT2D eigenvalue weighted by atomic mass is 16.6. The van der Waals surface area contributed by atoms with Crippen LogP contribution in [0.25, 0.3) is 0 Å². The third-order valence-corrected chi connectivity index (χ3v) is 4.78. The van der Waals surface area contributed by atoms with Gasteiger partial charge in [-0.1, -0.05) is 30.3 Å². The van der Waals surface area contributed by atoms with E-state index in [1.54, 1.807) is 72.7 Å². The van der Waals surface area contributed by atoms with Crippen molar-refractivity contribution >= 4 is 23.6 Å². The van der Waals surface area contributed by atoms with Crippen LogP contribution < -0.4 is 0 Å². The number of amides is 1. The van der Waals surface area contributed by atoms with E-state index in [9.17, 15) is 19.2 Å². The number of benzene rings is 1. The maximum Gasteiger partial charge on any atom is 0.345 e. The van der Waals surface area contributed by atoms with E-state index in [1.165, 1.54) is 6.92 Å². The Balaban J connectivity index is 2.68. The Morgan fingerprint density at radius 1 is 0.933 bits per heavy atom. The third kappa shape index (κ3) is 4.25. The molecule has 0 aromatic heterocycles. The normalized spacial score (nSPS) is 19.5. The molecule has 1 amide bonds. The molecule has 7 heteroatoms. The van der Waals surface area contributed by atoms with Crippen molar-refractivity contribution in [1.82, 2.24) is 4.90 Å². The minimum atomic E-state index is -2.18. The first kappa shape index (κ1) is 23.6. The van der Waals surface area contributed by atoms with Crippen LogP contribution in [0.2, 0.25) is 0 Å². The molecule has 0 bridgehead atoms. The van der Waals surface area contributed by atoms with Crippen LogP contribution >= 0.6 is 0 Å². The van der Waals surface area contributed by atoms with Crippen molar-refractivity contribution in [3.05, 3.63) is 35.9 Å². The van der Waals surface area contributed by atoms with Crippen LogP contribution in [0.5, 0.6) is 0 Å². The van der Waals surface area contributed by atoms with Gasteiger partial charge in [-0.3, -0.25) is 9.59 Å². The Labute approximate surface area is 177 Å². The molecule has 0 unspecified atom stereocenters. The zero-order chi connectivity index (χ0) is 23.1. The highest BCUT2D eigenvalue weighted by Gasteiger charge is 2.75. The number of hydrogen-bond acceptors (Lipinski definition) is 6. The van der Waals surface area contributed by atoms with E-state index in [4.69, 9.17) is 9.47 Å².